The van der Waals surface area contributed by atoms with E-state index in [4.69, 9.17) is 19.9 Å². The van der Waals surface area contributed by atoms with Crippen molar-refractivity contribution < 1.29 is 9.47 Å². The molecule has 0 bridgehead atoms. The largest absolute Gasteiger partial charge is 0.497 e. The van der Waals surface area contributed by atoms with Crippen LogP contribution in [0.1, 0.15) is 12.2 Å². The molecule has 35 heavy (non-hydrogen) atoms. The first-order chi connectivity index (χ1) is 17.1. The van der Waals surface area contributed by atoms with Crippen molar-refractivity contribution in [2.24, 2.45) is 9.98 Å². The van der Waals surface area contributed by atoms with Crippen molar-refractivity contribution in [1.82, 2.24) is 20.3 Å². The van der Waals surface area contributed by atoms with Gasteiger partial charge in [0.1, 0.15) is 28.8 Å². The fraction of sp³-hybridized carbons (Fsp3) is 0.200. The minimum atomic E-state index is 0.348. The molecule has 0 aliphatic rings. The van der Waals surface area contributed by atoms with Crippen LogP contribution in [0.3, 0.4) is 0 Å². The van der Waals surface area contributed by atoms with Crippen molar-refractivity contribution in [3.63, 3.8) is 0 Å². The summed E-state index contributed by atoms with van der Waals surface area (Å²) in [6.45, 7) is 4.01. The number of nitrogens with one attached hydrogen (secondary N) is 2. The molecule has 0 spiro atoms. The lowest BCUT2D eigenvalue weighted by molar-refractivity contribution is 0.394. The summed E-state index contributed by atoms with van der Waals surface area (Å²) < 4.78 is 10.9. The number of methoxy groups -OCH3 is 2. The summed E-state index contributed by atoms with van der Waals surface area (Å²) in [6, 6.07) is 11.0. The monoisotopic (exact) mass is 472 g/mol. The Morgan fingerprint density at radius 1 is 1.14 bits per heavy atom. The molecule has 180 valence electrons. The highest BCUT2D eigenvalue weighted by atomic mass is 16.5. The van der Waals surface area contributed by atoms with Crippen LogP contribution in [-0.4, -0.2) is 55.4 Å². The van der Waals surface area contributed by atoms with Gasteiger partial charge in [0.25, 0.3) is 0 Å². The van der Waals surface area contributed by atoms with E-state index in [0.717, 1.165) is 11.3 Å². The molecule has 0 atom stereocenters. The van der Waals surface area contributed by atoms with Crippen molar-refractivity contribution in [3.8, 4) is 11.5 Å². The highest BCUT2D eigenvalue weighted by Gasteiger charge is 2.17. The van der Waals surface area contributed by atoms with Gasteiger partial charge in [0, 0.05) is 62.7 Å². The van der Waals surface area contributed by atoms with Gasteiger partial charge >= 0.3 is 0 Å². The van der Waals surface area contributed by atoms with E-state index in [9.17, 15) is 0 Å². The van der Waals surface area contributed by atoms with Gasteiger partial charge in [-0.05, 0) is 30.5 Å². The second kappa shape index (κ2) is 12.6. The van der Waals surface area contributed by atoms with Gasteiger partial charge in [-0.2, -0.15) is 0 Å². The van der Waals surface area contributed by atoms with E-state index in [1.54, 1.807) is 58.2 Å². The van der Waals surface area contributed by atoms with E-state index >= 15 is 0 Å². The molecule has 0 aliphatic heterocycles. The van der Waals surface area contributed by atoms with Crippen LogP contribution in [0.2, 0.25) is 0 Å². The van der Waals surface area contributed by atoms with Crippen LogP contribution >= 0.6 is 0 Å². The Morgan fingerprint density at radius 3 is 2.46 bits per heavy atom. The van der Waals surface area contributed by atoms with Gasteiger partial charge < -0.3 is 25.1 Å². The number of nitrogens with zero attached hydrogens (tertiary/aromatic N) is 6. The lowest BCUT2D eigenvalue weighted by Crippen LogP contribution is -2.19. The van der Waals surface area contributed by atoms with Crippen molar-refractivity contribution in [2.45, 2.75) is 13.0 Å². The zero-order valence-corrected chi connectivity index (χ0v) is 20.0. The summed E-state index contributed by atoms with van der Waals surface area (Å²) in [4.78, 5) is 23.9. The molecule has 0 saturated carbocycles. The average Bonchev–Trinajstić information content (AvgIpc) is 2.91. The number of pyridine rings is 1. The molecule has 0 unspecified atom stereocenters. The minimum absolute atomic E-state index is 0.348. The lowest BCUT2D eigenvalue weighted by Gasteiger charge is -2.24. The van der Waals surface area contributed by atoms with E-state index < -0.39 is 0 Å². The van der Waals surface area contributed by atoms with Gasteiger partial charge in [-0.25, -0.2) is 19.9 Å². The number of ether oxygens (including phenoxy) is 2. The Hall–Kier alpha value is -4.60. The molecule has 3 rings (SSSR count). The van der Waals surface area contributed by atoms with E-state index in [2.05, 4.69) is 32.0 Å². The van der Waals surface area contributed by atoms with Gasteiger partial charge in [-0.3, -0.25) is 4.99 Å². The predicted molar refractivity (Wildman–Crippen MR) is 140 cm³/mol. The SMILES string of the molecule is C=Nc1nc(N(Cc2ncccn2)c2cc(OC)cc(OC)c2)ccc1/N=C\C/C(C=N)=C/NC. The van der Waals surface area contributed by atoms with Gasteiger partial charge in [0.05, 0.1) is 26.5 Å². The van der Waals surface area contributed by atoms with Crippen LogP contribution in [0.5, 0.6) is 11.5 Å². The maximum atomic E-state index is 7.46. The van der Waals surface area contributed by atoms with E-state index in [0.29, 0.717) is 47.6 Å². The summed E-state index contributed by atoms with van der Waals surface area (Å²) in [5.74, 6) is 2.87. The number of benzene rings is 1. The predicted octanol–water partition coefficient (Wildman–Crippen LogP) is 4.40. The smallest absolute Gasteiger partial charge is 0.179 e. The Labute approximate surface area is 204 Å². The fourth-order valence-electron chi connectivity index (χ4n) is 3.20. The van der Waals surface area contributed by atoms with Crippen molar-refractivity contribution in [2.75, 3.05) is 26.2 Å². The molecule has 2 N–H and O–H groups in total. The van der Waals surface area contributed by atoms with Crippen molar-refractivity contribution in [1.29, 1.82) is 5.41 Å². The third kappa shape index (κ3) is 6.70. The quantitative estimate of drug-likeness (QED) is 0.375. The highest BCUT2D eigenvalue weighted by Crippen LogP contribution is 2.35. The first-order valence-electron chi connectivity index (χ1n) is 10.8. The molecule has 0 radical (unpaired) electrons. The maximum absolute atomic E-state index is 7.46. The van der Waals surface area contributed by atoms with Gasteiger partial charge in [0.15, 0.2) is 5.82 Å². The van der Waals surface area contributed by atoms with E-state index in [1.807, 2.05) is 29.2 Å². The second-order valence-electron chi connectivity index (χ2n) is 7.16. The Kier molecular flexibility index (Phi) is 9.00. The molecule has 2 heterocycles. The van der Waals surface area contributed by atoms with E-state index in [1.165, 1.54) is 6.21 Å². The number of allylic oxidation sites excluding steroid dienone is 1. The van der Waals surface area contributed by atoms with Gasteiger partial charge in [-0.1, -0.05) is 0 Å². The molecule has 0 fully saturated rings. The van der Waals surface area contributed by atoms with Crippen LogP contribution in [0.25, 0.3) is 0 Å². The van der Waals surface area contributed by atoms with Crippen LogP contribution in [0.4, 0.5) is 23.0 Å². The minimum Gasteiger partial charge on any atom is -0.497 e. The molecule has 1 aromatic carbocycles. The van der Waals surface area contributed by atoms with Crippen molar-refractivity contribution >= 4 is 42.2 Å². The van der Waals surface area contributed by atoms with Crippen LogP contribution < -0.4 is 19.7 Å². The standard InChI is InChI=1S/C25H28N8O2/c1-27-16-18(15-26)8-11-29-22-6-7-24(32-25(22)28-2)33(17-23-30-9-5-10-31-23)19-12-20(34-3)14-21(13-19)35-4/h5-7,9-16,26-27H,2,8,17H2,1,3-4H3/b18-16-,26-15?,29-11-. The maximum Gasteiger partial charge on any atom is 0.179 e. The number of anilines is 2. The summed E-state index contributed by atoms with van der Waals surface area (Å²) in [7, 11) is 4.99. The van der Waals surface area contributed by atoms with Crippen LogP contribution in [0, 0.1) is 5.41 Å². The third-order valence-corrected chi connectivity index (χ3v) is 4.91. The molecular weight excluding hydrogens is 444 g/mol. The average molecular weight is 473 g/mol. The normalized spacial score (nSPS) is 11.2. The molecule has 0 amide bonds. The molecule has 0 aliphatic carbocycles. The molecule has 2 aromatic heterocycles. The third-order valence-electron chi connectivity index (χ3n) is 4.91. The zero-order valence-electron chi connectivity index (χ0n) is 20.0. The summed E-state index contributed by atoms with van der Waals surface area (Å²) in [5, 5.41) is 10.4. The first-order valence-corrected chi connectivity index (χ1v) is 10.8. The van der Waals surface area contributed by atoms with Gasteiger partial charge in [-0.15, -0.1) is 0 Å². The molecule has 0 saturated heterocycles. The molecular formula is C25H28N8O2. The Morgan fingerprint density at radius 2 is 1.86 bits per heavy atom. The Balaban J connectivity index is 2.01. The van der Waals surface area contributed by atoms with Crippen molar-refractivity contribution in [3.05, 3.63) is 66.4 Å². The number of aromatic nitrogens is 3. The fourth-order valence-corrected chi connectivity index (χ4v) is 3.20. The number of rotatable bonds is 12. The first kappa shape index (κ1) is 25.0. The van der Waals surface area contributed by atoms with Crippen LogP contribution in [-0.2, 0) is 6.54 Å². The summed E-state index contributed by atoms with van der Waals surface area (Å²) in [6.07, 6.45) is 8.62. The van der Waals surface area contributed by atoms with Crippen LogP contribution in [0.15, 0.2) is 70.5 Å². The van der Waals surface area contributed by atoms with Gasteiger partial charge in [0.2, 0.25) is 0 Å². The molecule has 10 nitrogen and oxygen atoms in total. The molecule has 3 aromatic rings. The van der Waals surface area contributed by atoms with E-state index in [-0.39, 0.29) is 0 Å². The summed E-state index contributed by atoms with van der Waals surface area (Å²) >= 11 is 0. The second-order valence-corrected chi connectivity index (χ2v) is 7.16. The lowest BCUT2D eigenvalue weighted by atomic mass is 10.2. The highest BCUT2D eigenvalue weighted by molar-refractivity contribution is 5.83. The summed E-state index contributed by atoms with van der Waals surface area (Å²) in [5.41, 5.74) is 2.13. The number of aliphatic imine (C=N–C) groups is 2. The molecule has 10 heteroatoms. The topological polar surface area (TPSA) is 121 Å². The number of hydrogen-bond acceptors (Lipinski definition) is 10. The Bertz CT molecular complexity index is 1190. The zero-order chi connectivity index (χ0) is 25.0. The number of hydrogen-bond donors (Lipinski definition) is 2.